The molecule has 0 unspecified atom stereocenters. The number of rotatable bonds is 4. The molecule has 7 heteroatoms. The van der Waals surface area contributed by atoms with Crippen molar-refractivity contribution in [3.05, 3.63) is 28.4 Å². The summed E-state index contributed by atoms with van der Waals surface area (Å²) in [7, 11) is 0. The number of H-pyrrole nitrogens is 1. The van der Waals surface area contributed by atoms with Crippen LogP contribution in [0.4, 0.5) is 0 Å². The standard InChI is InChI=1S/C19H28N4O3/c24-17-12-16(20-13-21-17)14-10-15(11-14)22-18(25)19(4-2-1-3-5-19)23-6-8-26-9-7-23/h12-15H,1-11H2,(H,22,25)(H,20,21,24). The first kappa shape index (κ1) is 17.7. The number of nitrogens with one attached hydrogen (secondary N) is 2. The van der Waals surface area contributed by atoms with E-state index in [0.717, 1.165) is 70.5 Å². The minimum Gasteiger partial charge on any atom is -0.379 e. The molecule has 0 bridgehead atoms. The molecule has 2 saturated carbocycles. The minimum atomic E-state index is -0.352. The summed E-state index contributed by atoms with van der Waals surface area (Å²) < 4.78 is 5.49. The highest BCUT2D eigenvalue weighted by atomic mass is 16.5. The Morgan fingerprint density at radius 1 is 1.23 bits per heavy atom. The van der Waals surface area contributed by atoms with Gasteiger partial charge in [0, 0.05) is 31.1 Å². The van der Waals surface area contributed by atoms with E-state index >= 15 is 0 Å². The van der Waals surface area contributed by atoms with Crippen LogP contribution < -0.4 is 10.9 Å². The molecule has 2 heterocycles. The Balaban J connectivity index is 1.39. The number of carbonyl (C=O) groups excluding carboxylic acids is 1. The van der Waals surface area contributed by atoms with Gasteiger partial charge in [-0.1, -0.05) is 19.3 Å². The monoisotopic (exact) mass is 360 g/mol. The zero-order valence-electron chi connectivity index (χ0n) is 15.2. The molecule has 4 rings (SSSR count). The normalized spacial score (nSPS) is 28.9. The molecule has 0 atom stereocenters. The summed E-state index contributed by atoms with van der Waals surface area (Å²) in [6, 6.07) is 1.76. The highest BCUT2D eigenvalue weighted by Crippen LogP contribution is 2.38. The molecule has 26 heavy (non-hydrogen) atoms. The van der Waals surface area contributed by atoms with Gasteiger partial charge < -0.3 is 15.0 Å². The predicted molar refractivity (Wildman–Crippen MR) is 97.0 cm³/mol. The van der Waals surface area contributed by atoms with Crippen LogP contribution in [-0.4, -0.2) is 58.7 Å². The molecule has 1 amide bonds. The molecule has 3 fully saturated rings. The van der Waals surface area contributed by atoms with Gasteiger partial charge in [0.05, 0.1) is 25.2 Å². The minimum absolute atomic E-state index is 0.115. The van der Waals surface area contributed by atoms with Gasteiger partial charge in [0.25, 0.3) is 5.56 Å². The third-order valence-corrected chi connectivity index (χ3v) is 6.31. The summed E-state index contributed by atoms with van der Waals surface area (Å²) in [5.74, 6) is 0.467. The van der Waals surface area contributed by atoms with Crippen molar-refractivity contribution in [3.8, 4) is 0 Å². The Morgan fingerprint density at radius 3 is 2.65 bits per heavy atom. The molecule has 1 saturated heterocycles. The lowest BCUT2D eigenvalue weighted by atomic mass is 9.75. The molecule has 0 radical (unpaired) electrons. The zero-order chi connectivity index (χ0) is 18.0. The van der Waals surface area contributed by atoms with Gasteiger partial charge in [0.1, 0.15) is 5.54 Å². The van der Waals surface area contributed by atoms with Gasteiger partial charge in [-0.25, -0.2) is 4.98 Å². The summed E-state index contributed by atoms with van der Waals surface area (Å²) in [5, 5.41) is 3.30. The van der Waals surface area contributed by atoms with Gasteiger partial charge in [-0.05, 0) is 25.7 Å². The number of amides is 1. The van der Waals surface area contributed by atoms with Crippen molar-refractivity contribution in [1.82, 2.24) is 20.2 Å². The van der Waals surface area contributed by atoms with Crippen molar-refractivity contribution in [3.63, 3.8) is 0 Å². The molecule has 142 valence electrons. The Hall–Kier alpha value is -1.73. The molecular formula is C19H28N4O3. The lowest BCUT2D eigenvalue weighted by molar-refractivity contribution is -0.141. The second kappa shape index (κ2) is 7.48. The van der Waals surface area contributed by atoms with Gasteiger partial charge in [-0.15, -0.1) is 0 Å². The summed E-state index contributed by atoms with van der Waals surface area (Å²) in [6.45, 7) is 3.12. The van der Waals surface area contributed by atoms with Crippen molar-refractivity contribution < 1.29 is 9.53 Å². The number of aromatic nitrogens is 2. The van der Waals surface area contributed by atoms with E-state index in [1.807, 2.05) is 0 Å². The summed E-state index contributed by atoms with van der Waals surface area (Å²) in [6.07, 6.45) is 8.54. The van der Waals surface area contributed by atoms with Crippen LogP contribution in [0, 0.1) is 0 Å². The SMILES string of the molecule is O=C(NC1CC(c2cc(=O)[nH]cn2)C1)C1(N2CCOCC2)CCCCC1. The van der Waals surface area contributed by atoms with E-state index in [0.29, 0.717) is 0 Å². The van der Waals surface area contributed by atoms with E-state index in [1.165, 1.54) is 12.7 Å². The number of aromatic amines is 1. The number of nitrogens with zero attached hydrogens (tertiary/aromatic N) is 2. The molecule has 0 aromatic carbocycles. The van der Waals surface area contributed by atoms with Crippen LogP contribution in [0.3, 0.4) is 0 Å². The van der Waals surface area contributed by atoms with E-state index in [1.54, 1.807) is 6.07 Å². The summed E-state index contributed by atoms with van der Waals surface area (Å²) in [5.41, 5.74) is 0.366. The second-order valence-corrected chi connectivity index (χ2v) is 7.87. The van der Waals surface area contributed by atoms with Gasteiger partial charge in [-0.3, -0.25) is 14.5 Å². The van der Waals surface area contributed by atoms with Crippen molar-refractivity contribution in [2.24, 2.45) is 0 Å². The Kier molecular flexibility index (Phi) is 5.09. The van der Waals surface area contributed by atoms with Gasteiger partial charge in [0.15, 0.2) is 0 Å². The van der Waals surface area contributed by atoms with Crippen molar-refractivity contribution >= 4 is 5.91 Å². The largest absolute Gasteiger partial charge is 0.379 e. The molecule has 1 aliphatic heterocycles. The lowest BCUT2D eigenvalue weighted by Gasteiger charge is -2.48. The Bertz CT molecular complexity index is 686. The topological polar surface area (TPSA) is 87.3 Å². The molecule has 2 N–H and O–H groups in total. The molecule has 2 aliphatic carbocycles. The first-order valence-electron chi connectivity index (χ1n) is 9.86. The van der Waals surface area contributed by atoms with Gasteiger partial charge >= 0.3 is 0 Å². The van der Waals surface area contributed by atoms with Crippen LogP contribution in [-0.2, 0) is 9.53 Å². The zero-order valence-corrected chi connectivity index (χ0v) is 15.2. The van der Waals surface area contributed by atoms with Crippen LogP contribution in [0.25, 0.3) is 0 Å². The third kappa shape index (κ3) is 3.42. The Labute approximate surface area is 153 Å². The highest BCUT2D eigenvalue weighted by molar-refractivity contribution is 5.87. The number of ether oxygens (including phenoxy) is 1. The molecule has 7 nitrogen and oxygen atoms in total. The van der Waals surface area contributed by atoms with Crippen LogP contribution >= 0.6 is 0 Å². The maximum Gasteiger partial charge on any atom is 0.250 e. The summed E-state index contributed by atoms with van der Waals surface area (Å²) in [4.78, 5) is 33.9. The maximum absolute atomic E-state index is 13.3. The first-order valence-corrected chi connectivity index (χ1v) is 9.86. The quantitative estimate of drug-likeness (QED) is 0.842. The molecule has 3 aliphatic rings. The third-order valence-electron chi connectivity index (χ3n) is 6.31. The lowest BCUT2D eigenvalue weighted by Crippen LogP contribution is -2.64. The van der Waals surface area contributed by atoms with Crippen LogP contribution in [0.15, 0.2) is 17.2 Å². The molecule has 0 spiro atoms. The van der Waals surface area contributed by atoms with E-state index in [9.17, 15) is 9.59 Å². The van der Waals surface area contributed by atoms with E-state index in [-0.39, 0.29) is 29.0 Å². The number of hydrogen-bond acceptors (Lipinski definition) is 5. The number of morpholine rings is 1. The molecular weight excluding hydrogens is 332 g/mol. The fraction of sp³-hybridized carbons (Fsp3) is 0.737. The maximum atomic E-state index is 13.3. The smallest absolute Gasteiger partial charge is 0.250 e. The summed E-state index contributed by atoms with van der Waals surface area (Å²) >= 11 is 0. The number of hydrogen-bond donors (Lipinski definition) is 2. The first-order chi connectivity index (χ1) is 12.7. The van der Waals surface area contributed by atoms with E-state index < -0.39 is 0 Å². The average molecular weight is 360 g/mol. The highest BCUT2D eigenvalue weighted by Gasteiger charge is 2.46. The fourth-order valence-corrected chi connectivity index (χ4v) is 4.72. The van der Waals surface area contributed by atoms with Crippen LogP contribution in [0.1, 0.15) is 56.6 Å². The van der Waals surface area contributed by atoms with Crippen LogP contribution in [0.2, 0.25) is 0 Å². The van der Waals surface area contributed by atoms with E-state index in [2.05, 4.69) is 20.2 Å². The predicted octanol–water partition coefficient (Wildman–Crippen LogP) is 1.17. The molecule has 1 aromatic heterocycles. The van der Waals surface area contributed by atoms with E-state index in [4.69, 9.17) is 4.74 Å². The second-order valence-electron chi connectivity index (χ2n) is 7.87. The average Bonchev–Trinajstić information content (AvgIpc) is 2.65. The van der Waals surface area contributed by atoms with Crippen LogP contribution in [0.5, 0.6) is 0 Å². The Morgan fingerprint density at radius 2 is 1.96 bits per heavy atom. The van der Waals surface area contributed by atoms with Crippen molar-refractivity contribution in [1.29, 1.82) is 0 Å². The van der Waals surface area contributed by atoms with Crippen molar-refractivity contribution in [2.45, 2.75) is 62.4 Å². The van der Waals surface area contributed by atoms with Crippen molar-refractivity contribution in [2.75, 3.05) is 26.3 Å². The molecule has 1 aromatic rings. The fourth-order valence-electron chi connectivity index (χ4n) is 4.72. The van der Waals surface area contributed by atoms with Gasteiger partial charge in [0.2, 0.25) is 5.91 Å². The number of carbonyl (C=O) groups is 1. The van der Waals surface area contributed by atoms with Gasteiger partial charge in [-0.2, -0.15) is 0 Å².